The van der Waals surface area contributed by atoms with Gasteiger partial charge in [-0.2, -0.15) is 0 Å². The van der Waals surface area contributed by atoms with Crippen LogP contribution in [-0.4, -0.2) is 17.4 Å². The van der Waals surface area contributed by atoms with Gasteiger partial charge in [0.15, 0.2) is 0 Å². The van der Waals surface area contributed by atoms with Gasteiger partial charge in [0.2, 0.25) is 11.8 Å². The van der Waals surface area contributed by atoms with Crippen LogP contribution in [0.3, 0.4) is 0 Å². The maximum atomic E-state index is 12.8. The molecule has 4 nitrogen and oxygen atoms in total. The van der Waals surface area contributed by atoms with Gasteiger partial charge in [0.25, 0.3) is 0 Å². The largest absolute Gasteiger partial charge is 0.369 e. The quantitative estimate of drug-likeness (QED) is 0.835. The molecule has 1 aliphatic carbocycles. The van der Waals surface area contributed by atoms with Gasteiger partial charge < -0.3 is 11.1 Å². The van der Waals surface area contributed by atoms with Gasteiger partial charge in [-0.3, -0.25) is 9.59 Å². The molecule has 0 bridgehead atoms. The Hall–Kier alpha value is -1.06. The molecule has 1 saturated carbocycles. The van der Waals surface area contributed by atoms with Crippen molar-refractivity contribution in [1.82, 2.24) is 5.32 Å². The van der Waals surface area contributed by atoms with Crippen molar-refractivity contribution in [2.24, 2.45) is 22.5 Å². The molecule has 0 spiro atoms. The van der Waals surface area contributed by atoms with E-state index in [0.717, 1.165) is 25.7 Å². The Labute approximate surface area is 122 Å². The van der Waals surface area contributed by atoms with E-state index in [4.69, 9.17) is 5.73 Å². The highest BCUT2D eigenvalue weighted by Gasteiger charge is 2.54. The molecule has 20 heavy (non-hydrogen) atoms. The van der Waals surface area contributed by atoms with Gasteiger partial charge in [-0.25, -0.2) is 0 Å². The van der Waals surface area contributed by atoms with E-state index in [-0.39, 0.29) is 28.7 Å². The summed E-state index contributed by atoms with van der Waals surface area (Å²) in [6, 6.07) is 0. The zero-order valence-corrected chi connectivity index (χ0v) is 13.8. The van der Waals surface area contributed by atoms with Gasteiger partial charge in [0.05, 0.1) is 11.3 Å². The summed E-state index contributed by atoms with van der Waals surface area (Å²) in [6.07, 6.45) is 3.39. The van der Waals surface area contributed by atoms with Crippen LogP contribution in [0.25, 0.3) is 0 Å². The Bertz CT molecular complexity index is 382. The van der Waals surface area contributed by atoms with Gasteiger partial charge in [-0.05, 0) is 39.0 Å². The van der Waals surface area contributed by atoms with Crippen LogP contribution >= 0.6 is 0 Å². The fourth-order valence-electron chi connectivity index (χ4n) is 3.60. The number of hydrogen-bond acceptors (Lipinski definition) is 2. The zero-order chi connectivity index (χ0) is 15.8. The lowest BCUT2D eigenvalue weighted by Gasteiger charge is -2.43. The second-order valence-electron chi connectivity index (χ2n) is 8.27. The molecule has 0 aromatic heterocycles. The summed E-state index contributed by atoms with van der Waals surface area (Å²) < 4.78 is 0. The van der Waals surface area contributed by atoms with Crippen molar-refractivity contribution in [3.63, 3.8) is 0 Å². The Morgan fingerprint density at radius 3 is 1.80 bits per heavy atom. The number of hydrogen-bond donors (Lipinski definition) is 2. The normalized spacial score (nSPS) is 20.5. The number of rotatable bonds is 3. The fraction of sp³-hybridized carbons (Fsp3) is 0.875. The van der Waals surface area contributed by atoms with E-state index < -0.39 is 5.41 Å². The number of nitrogens with two attached hydrogens (primary N) is 1. The topological polar surface area (TPSA) is 72.2 Å². The molecule has 0 radical (unpaired) electrons. The first-order valence-electron chi connectivity index (χ1n) is 7.52. The molecule has 0 heterocycles. The van der Waals surface area contributed by atoms with Gasteiger partial charge in [-0.15, -0.1) is 0 Å². The lowest BCUT2D eigenvalue weighted by molar-refractivity contribution is -0.146. The molecule has 0 saturated heterocycles. The maximum Gasteiger partial charge on any atom is 0.225 e. The molecule has 116 valence electrons. The number of carbonyl (C=O) groups excluding carboxylic acids is 2. The van der Waals surface area contributed by atoms with Crippen molar-refractivity contribution < 1.29 is 9.59 Å². The summed E-state index contributed by atoms with van der Waals surface area (Å²) in [5.74, 6) is -0.751. The van der Waals surface area contributed by atoms with Crippen molar-refractivity contribution in [2.75, 3.05) is 0 Å². The second-order valence-corrected chi connectivity index (χ2v) is 8.27. The van der Waals surface area contributed by atoms with Crippen LogP contribution in [0.4, 0.5) is 0 Å². The number of nitrogens with one attached hydrogen (secondary N) is 1. The predicted molar refractivity (Wildman–Crippen MR) is 80.9 cm³/mol. The lowest BCUT2D eigenvalue weighted by atomic mass is 9.62. The highest BCUT2D eigenvalue weighted by atomic mass is 16.2. The molecule has 4 heteroatoms. The van der Waals surface area contributed by atoms with Crippen molar-refractivity contribution in [3.8, 4) is 0 Å². The average Bonchev–Trinajstić information content (AvgIpc) is 2.62. The minimum Gasteiger partial charge on any atom is -0.369 e. The van der Waals surface area contributed by atoms with Gasteiger partial charge >= 0.3 is 0 Å². The molecule has 0 aromatic rings. The summed E-state index contributed by atoms with van der Waals surface area (Å²) in [6.45, 7) is 11.9. The number of primary amides is 1. The van der Waals surface area contributed by atoms with E-state index in [9.17, 15) is 9.59 Å². The molecule has 1 atom stereocenters. The summed E-state index contributed by atoms with van der Waals surface area (Å²) >= 11 is 0. The van der Waals surface area contributed by atoms with E-state index in [2.05, 4.69) is 5.32 Å². The summed E-state index contributed by atoms with van der Waals surface area (Å²) in [4.78, 5) is 24.9. The van der Waals surface area contributed by atoms with Crippen LogP contribution in [0.5, 0.6) is 0 Å². The summed E-state index contributed by atoms with van der Waals surface area (Å²) in [7, 11) is 0. The number of carbonyl (C=O) groups is 2. The monoisotopic (exact) mass is 282 g/mol. The molecule has 0 aliphatic heterocycles. The Morgan fingerprint density at radius 1 is 1.05 bits per heavy atom. The smallest absolute Gasteiger partial charge is 0.225 e. The second kappa shape index (κ2) is 5.38. The van der Waals surface area contributed by atoms with E-state index in [0.29, 0.717) is 0 Å². The number of amides is 2. The van der Waals surface area contributed by atoms with Crippen LogP contribution in [0.1, 0.15) is 67.2 Å². The highest BCUT2D eigenvalue weighted by Crippen LogP contribution is 2.50. The summed E-state index contributed by atoms with van der Waals surface area (Å²) in [5.41, 5.74) is 4.42. The molecule has 1 aliphatic rings. The van der Waals surface area contributed by atoms with Gasteiger partial charge in [0, 0.05) is 5.54 Å². The minimum absolute atomic E-state index is 0.0503. The highest BCUT2D eigenvalue weighted by molar-refractivity contribution is 5.90. The van der Waals surface area contributed by atoms with Crippen LogP contribution in [0.2, 0.25) is 0 Å². The maximum absolute atomic E-state index is 12.8. The van der Waals surface area contributed by atoms with Crippen LogP contribution < -0.4 is 11.1 Å². The molecule has 1 rings (SSSR count). The zero-order valence-electron chi connectivity index (χ0n) is 13.8. The Morgan fingerprint density at radius 2 is 1.50 bits per heavy atom. The first-order chi connectivity index (χ1) is 8.90. The Balaban J connectivity index is 3.19. The lowest BCUT2D eigenvalue weighted by Crippen LogP contribution is -2.56. The molecular formula is C16H30N2O2. The van der Waals surface area contributed by atoms with Crippen molar-refractivity contribution >= 4 is 11.8 Å². The van der Waals surface area contributed by atoms with Crippen LogP contribution in [0, 0.1) is 16.7 Å². The van der Waals surface area contributed by atoms with Crippen LogP contribution in [-0.2, 0) is 9.59 Å². The molecule has 0 aromatic carbocycles. The van der Waals surface area contributed by atoms with Crippen molar-refractivity contribution in [1.29, 1.82) is 0 Å². The molecule has 2 amide bonds. The fourth-order valence-corrected chi connectivity index (χ4v) is 3.60. The standard InChI is InChI=1S/C16H30N2O2/c1-14(2,3)11(12(19)18-15(4,5)6)16(13(17)20)9-7-8-10-16/h11H,7-10H2,1-6H3,(H2,17,20)(H,18,19)/t11-/m1/s1. The van der Waals surface area contributed by atoms with E-state index in [1.807, 2.05) is 41.5 Å². The minimum atomic E-state index is -0.687. The third-order valence-corrected chi connectivity index (χ3v) is 4.17. The van der Waals surface area contributed by atoms with E-state index >= 15 is 0 Å². The average molecular weight is 282 g/mol. The first kappa shape index (κ1) is 17.0. The van der Waals surface area contributed by atoms with Crippen LogP contribution in [0.15, 0.2) is 0 Å². The molecule has 3 N–H and O–H groups in total. The van der Waals surface area contributed by atoms with Gasteiger partial charge in [0.1, 0.15) is 0 Å². The van der Waals surface area contributed by atoms with E-state index in [1.165, 1.54) is 0 Å². The first-order valence-corrected chi connectivity index (χ1v) is 7.52. The summed E-state index contributed by atoms with van der Waals surface area (Å²) in [5, 5.41) is 3.04. The molecule has 0 unspecified atom stereocenters. The predicted octanol–water partition coefficient (Wildman–Crippen LogP) is 2.61. The molecule has 1 fully saturated rings. The Kier molecular flexibility index (Phi) is 4.57. The van der Waals surface area contributed by atoms with Crippen molar-refractivity contribution in [3.05, 3.63) is 0 Å². The third-order valence-electron chi connectivity index (χ3n) is 4.17. The van der Waals surface area contributed by atoms with Gasteiger partial charge in [-0.1, -0.05) is 33.6 Å². The van der Waals surface area contributed by atoms with E-state index in [1.54, 1.807) is 0 Å². The SMILES string of the molecule is CC(C)(C)NC(=O)[C@H](C(C)(C)C)C1(C(N)=O)CCCC1. The van der Waals surface area contributed by atoms with Crippen molar-refractivity contribution in [2.45, 2.75) is 72.8 Å². The molecular weight excluding hydrogens is 252 g/mol. The third kappa shape index (κ3) is 3.53.